The lowest BCUT2D eigenvalue weighted by molar-refractivity contribution is 0.227. The van der Waals surface area contributed by atoms with E-state index in [2.05, 4.69) is 6.92 Å². The highest BCUT2D eigenvalue weighted by molar-refractivity contribution is 6.30. The number of benzene rings is 2. The third-order valence-electron chi connectivity index (χ3n) is 8.07. The summed E-state index contributed by atoms with van der Waals surface area (Å²) in [6, 6.07) is 9.95. The molecule has 0 atom stereocenters. The minimum atomic E-state index is -0.514. The van der Waals surface area contributed by atoms with Crippen molar-refractivity contribution in [1.29, 1.82) is 0 Å². The summed E-state index contributed by atoms with van der Waals surface area (Å²) in [5.41, 5.74) is 2.06. The van der Waals surface area contributed by atoms with E-state index in [1.165, 1.54) is 69.9 Å². The molecule has 0 spiro atoms. The predicted octanol–water partition coefficient (Wildman–Crippen LogP) is 9.56. The summed E-state index contributed by atoms with van der Waals surface area (Å²) in [6.07, 6.45) is 14.8. The first-order valence-corrected chi connectivity index (χ1v) is 12.7. The van der Waals surface area contributed by atoms with Gasteiger partial charge >= 0.3 is 0 Å². The molecule has 0 aromatic heterocycles. The Morgan fingerprint density at radius 2 is 1.35 bits per heavy atom. The molecule has 2 aromatic carbocycles. The van der Waals surface area contributed by atoms with Gasteiger partial charge in [-0.05, 0) is 78.7 Å². The summed E-state index contributed by atoms with van der Waals surface area (Å²) < 4.78 is 28.6. The van der Waals surface area contributed by atoms with Crippen LogP contribution in [0.3, 0.4) is 0 Å². The zero-order valence-corrected chi connectivity index (χ0v) is 19.4. The van der Waals surface area contributed by atoms with Crippen LogP contribution in [0.2, 0.25) is 5.02 Å². The second-order valence-electron chi connectivity index (χ2n) is 9.96. The Morgan fingerprint density at radius 1 is 0.742 bits per heavy atom. The minimum Gasteiger partial charge on any atom is -0.206 e. The van der Waals surface area contributed by atoms with E-state index >= 15 is 0 Å². The van der Waals surface area contributed by atoms with Gasteiger partial charge in [0.05, 0.1) is 5.02 Å². The molecule has 3 heteroatoms. The van der Waals surface area contributed by atoms with Crippen LogP contribution in [0.5, 0.6) is 0 Å². The first-order valence-electron chi connectivity index (χ1n) is 12.3. The molecule has 0 aliphatic heterocycles. The zero-order valence-electron chi connectivity index (χ0n) is 18.7. The summed E-state index contributed by atoms with van der Waals surface area (Å²) in [4.78, 5) is 0. The van der Waals surface area contributed by atoms with Crippen molar-refractivity contribution in [2.24, 2.45) is 17.8 Å². The molecule has 2 aliphatic carbocycles. The Labute approximate surface area is 191 Å². The van der Waals surface area contributed by atoms with Gasteiger partial charge in [0, 0.05) is 5.56 Å². The van der Waals surface area contributed by atoms with Gasteiger partial charge < -0.3 is 0 Å². The molecule has 31 heavy (non-hydrogen) atoms. The van der Waals surface area contributed by atoms with E-state index in [1.807, 2.05) is 6.07 Å². The molecule has 2 fully saturated rings. The lowest BCUT2D eigenvalue weighted by Crippen LogP contribution is -2.17. The van der Waals surface area contributed by atoms with Crippen LogP contribution in [0.15, 0.2) is 36.4 Å². The van der Waals surface area contributed by atoms with E-state index in [0.717, 1.165) is 36.2 Å². The van der Waals surface area contributed by atoms with E-state index in [1.54, 1.807) is 18.2 Å². The van der Waals surface area contributed by atoms with Gasteiger partial charge in [-0.25, -0.2) is 8.78 Å². The van der Waals surface area contributed by atoms with Crippen LogP contribution in [0.25, 0.3) is 11.1 Å². The lowest BCUT2D eigenvalue weighted by atomic mass is 9.74. The topological polar surface area (TPSA) is 0 Å². The summed E-state index contributed by atoms with van der Waals surface area (Å²) in [6.45, 7) is 2.33. The second kappa shape index (κ2) is 10.5. The van der Waals surface area contributed by atoms with Gasteiger partial charge in [0.15, 0.2) is 0 Å². The molecule has 0 nitrogen and oxygen atoms in total. The number of hydrogen-bond donors (Lipinski definition) is 0. The van der Waals surface area contributed by atoms with Crippen molar-refractivity contribution in [3.63, 3.8) is 0 Å². The standard InChI is InChI=1S/C28H35ClF2/c1-2-19-3-5-20(6-4-19)7-8-21-9-11-22(12-10-21)23-13-15-25(27(30)17-23)24-14-16-26(29)28(31)18-24/h13-22H,2-12H2,1H3. The van der Waals surface area contributed by atoms with Gasteiger partial charge in [-0.3, -0.25) is 0 Å². The van der Waals surface area contributed by atoms with E-state index in [0.29, 0.717) is 17.0 Å². The first-order chi connectivity index (χ1) is 15.0. The number of halogens is 3. The van der Waals surface area contributed by atoms with E-state index in [9.17, 15) is 8.78 Å². The Hall–Kier alpha value is -1.41. The average Bonchev–Trinajstić information content (AvgIpc) is 2.80. The molecule has 0 N–H and O–H groups in total. The van der Waals surface area contributed by atoms with E-state index < -0.39 is 5.82 Å². The van der Waals surface area contributed by atoms with Crippen LogP contribution in [-0.2, 0) is 0 Å². The summed E-state index contributed by atoms with van der Waals surface area (Å²) >= 11 is 5.76. The van der Waals surface area contributed by atoms with Crippen molar-refractivity contribution in [3.05, 3.63) is 58.6 Å². The summed E-state index contributed by atoms with van der Waals surface area (Å²) in [5.74, 6) is 2.45. The molecule has 2 aromatic rings. The normalized spacial score (nSPS) is 26.7. The minimum absolute atomic E-state index is 0.0613. The highest BCUT2D eigenvalue weighted by Gasteiger charge is 2.25. The van der Waals surface area contributed by atoms with Gasteiger partial charge in [0.2, 0.25) is 0 Å². The average molecular weight is 445 g/mol. The van der Waals surface area contributed by atoms with Gasteiger partial charge in [-0.1, -0.05) is 81.7 Å². The Bertz CT molecular complexity index is 861. The molecular weight excluding hydrogens is 410 g/mol. The zero-order chi connectivity index (χ0) is 21.8. The van der Waals surface area contributed by atoms with Gasteiger partial charge in [0.25, 0.3) is 0 Å². The fourth-order valence-corrected chi connectivity index (χ4v) is 5.98. The largest absolute Gasteiger partial charge is 0.206 e. The van der Waals surface area contributed by atoms with Crippen LogP contribution < -0.4 is 0 Å². The highest BCUT2D eigenvalue weighted by Crippen LogP contribution is 2.41. The van der Waals surface area contributed by atoms with E-state index in [4.69, 9.17) is 11.6 Å². The van der Waals surface area contributed by atoms with Crippen molar-refractivity contribution in [3.8, 4) is 11.1 Å². The maximum Gasteiger partial charge on any atom is 0.142 e. The Morgan fingerprint density at radius 3 is 1.94 bits per heavy atom. The molecule has 0 amide bonds. The fourth-order valence-electron chi connectivity index (χ4n) is 5.87. The number of hydrogen-bond acceptors (Lipinski definition) is 0. The molecular formula is C28H35ClF2. The molecule has 2 aliphatic rings. The maximum absolute atomic E-state index is 14.8. The monoisotopic (exact) mass is 444 g/mol. The van der Waals surface area contributed by atoms with Crippen LogP contribution in [0, 0.1) is 29.4 Å². The SMILES string of the molecule is CCC1CCC(CCC2CCC(c3ccc(-c4ccc(Cl)c(F)c4)c(F)c3)CC2)CC1. The Kier molecular flexibility index (Phi) is 7.69. The van der Waals surface area contributed by atoms with Crippen molar-refractivity contribution < 1.29 is 8.78 Å². The first kappa shape index (κ1) is 22.8. The molecule has 0 heterocycles. The molecule has 4 rings (SSSR count). The molecule has 2 saturated carbocycles. The highest BCUT2D eigenvalue weighted by atomic mass is 35.5. The third kappa shape index (κ3) is 5.69. The molecule has 0 unspecified atom stereocenters. The molecule has 0 radical (unpaired) electrons. The van der Waals surface area contributed by atoms with Crippen molar-refractivity contribution in [1.82, 2.24) is 0 Å². The van der Waals surface area contributed by atoms with Gasteiger partial charge in [-0.15, -0.1) is 0 Å². The summed E-state index contributed by atoms with van der Waals surface area (Å²) in [7, 11) is 0. The predicted molar refractivity (Wildman–Crippen MR) is 126 cm³/mol. The number of rotatable bonds is 6. The van der Waals surface area contributed by atoms with Gasteiger partial charge in [0.1, 0.15) is 11.6 Å². The Balaban J connectivity index is 1.29. The van der Waals surface area contributed by atoms with Crippen LogP contribution in [0.4, 0.5) is 8.78 Å². The summed E-state index contributed by atoms with van der Waals surface area (Å²) in [5, 5.41) is 0.0613. The maximum atomic E-state index is 14.8. The molecule has 0 bridgehead atoms. The van der Waals surface area contributed by atoms with E-state index in [-0.39, 0.29) is 10.8 Å². The van der Waals surface area contributed by atoms with Crippen LogP contribution in [-0.4, -0.2) is 0 Å². The van der Waals surface area contributed by atoms with Crippen LogP contribution >= 0.6 is 11.6 Å². The third-order valence-corrected chi connectivity index (χ3v) is 8.38. The lowest BCUT2D eigenvalue weighted by Gasteiger charge is -2.32. The van der Waals surface area contributed by atoms with Crippen molar-refractivity contribution >= 4 is 11.6 Å². The smallest absolute Gasteiger partial charge is 0.142 e. The molecule has 168 valence electrons. The van der Waals surface area contributed by atoms with Crippen molar-refractivity contribution in [2.75, 3.05) is 0 Å². The van der Waals surface area contributed by atoms with Crippen LogP contribution in [0.1, 0.15) is 89.0 Å². The van der Waals surface area contributed by atoms with Crippen molar-refractivity contribution in [2.45, 2.75) is 83.5 Å². The second-order valence-corrected chi connectivity index (χ2v) is 10.4. The quantitative estimate of drug-likeness (QED) is 0.416. The van der Waals surface area contributed by atoms with Gasteiger partial charge in [-0.2, -0.15) is 0 Å². The molecule has 0 saturated heterocycles. The fraction of sp³-hybridized carbons (Fsp3) is 0.571.